The van der Waals surface area contributed by atoms with Gasteiger partial charge in [-0.05, 0) is 36.1 Å². The Labute approximate surface area is 84.0 Å². The fourth-order valence-electron chi connectivity index (χ4n) is 3.11. The Bertz CT molecular complexity index is 287. The first-order chi connectivity index (χ1) is 6.59. The van der Waals surface area contributed by atoms with Gasteiger partial charge in [0, 0.05) is 0 Å². The number of fused-ring (bicyclic) bond motifs is 1. The summed E-state index contributed by atoms with van der Waals surface area (Å²) >= 11 is 0. The molecule has 78 valence electrons. The van der Waals surface area contributed by atoms with Crippen LogP contribution in [0.5, 0.6) is 0 Å². The van der Waals surface area contributed by atoms with E-state index in [0.717, 1.165) is 6.42 Å². The van der Waals surface area contributed by atoms with Gasteiger partial charge in [-0.15, -0.1) is 0 Å². The fraction of sp³-hybridized carbons (Fsp3) is 0.727. The Morgan fingerprint density at radius 2 is 2.36 bits per heavy atom. The normalized spacial score (nSPS) is 44.6. The third-order valence-electron chi connectivity index (χ3n) is 4.02. The molecule has 2 aliphatic rings. The SMILES string of the molecule is CC1C=C[C@@H]2[C@H]1C[C@@]2(CN)CC(=O)O. The van der Waals surface area contributed by atoms with Gasteiger partial charge in [0.2, 0.25) is 0 Å². The summed E-state index contributed by atoms with van der Waals surface area (Å²) in [7, 11) is 0. The van der Waals surface area contributed by atoms with E-state index in [2.05, 4.69) is 19.1 Å². The molecule has 3 nitrogen and oxygen atoms in total. The number of aliphatic carboxylic acids is 1. The van der Waals surface area contributed by atoms with Crippen molar-refractivity contribution in [2.45, 2.75) is 19.8 Å². The van der Waals surface area contributed by atoms with Crippen molar-refractivity contribution in [1.82, 2.24) is 0 Å². The molecule has 1 saturated carbocycles. The van der Waals surface area contributed by atoms with Crippen molar-refractivity contribution in [1.29, 1.82) is 0 Å². The molecule has 0 amide bonds. The van der Waals surface area contributed by atoms with Crippen LogP contribution in [0.3, 0.4) is 0 Å². The highest BCUT2D eigenvalue weighted by Crippen LogP contribution is 2.59. The van der Waals surface area contributed by atoms with Gasteiger partial charge in [-0.25, -0.2) is 0 Å². The summed E-state index contributed by atoms with van der Waals surface area (Å²) in [6.45, 7) is 2.69. The summed E-state index contributed by atoms with van der Waals surface area (Å²) in [4.78, 5) is 10.8. The van der Waals surface area contributed by atoms with Crippen molar-refractivity contribution in [3.05, 3.63) is 12.2 Å². The lowest BCUT2D eigenvalue weighted by molar-refractivity contribution is -0.144. The van der Waals surface area contributed by atoms with Crippen LogP contribution in [0.4, 0.5) is 0 Å². The molecule has 14 heavy (non-hydrogen) atoms. The van der Waals surface area contributed by atoms with Gasteiger partial charge in [0.25, 0.3) is 0 Å². The van der Waals surface area contributed by atoms with Crippen LogP contribution in [0.2, 0.25) is 0 Å². The molecule has 0 aromatic heterocycles. The number of allylic oxidation sites excluding steroid dienone is 2. The van der Waals surface area contributed by atoms with Crippen LogP contribution in [0.1, 0.15) is 19.8 Å². The molecule has 3 heteroatoms. The van der Waals surface area contributed by atoms with Crippen LogP contribution in [0.25, 0.3) is 0 Å². The van der Waals surface area contributed by atoms with Crippen LogP contribution in [-0.4, -0.2) is 17.6 Å². The molecule has 0 heterocycles. The zero-order valence-electron chi connectivity index (χ0n) is 8.44. The van der Waals surface area contributed by atoms with Gasteiger partial charge in [0.1, 0.15) is 0 Å². The molecule has 0 saturated heterocycles. The van der Waals surface area contributed by atoms with E-state index < -0.39 is 5.97 Å². The Hall–Kier alpha value is -0.830. The van der Waals surface area contributed by atoms with Crippen molar-refractivity contribution in [2.24, 2.45) is 28.9 Å². The van der Waals surface area contributed by atoms with Gasteiger partial charge in [-0.1, -0.05) is 19.1 Å². The number of carbonyl (C=O) groups is 1. The molecule has 0 aliphatic heterocycles. The molecule has 2 rings (SSSR count). The van der Waals surface area contributed by atoms with Crippen LogP contribution >= 0.6 is 0 Å². The van der Waals surface area contributed by atoms with E-state index in [9.17, 15) is 4.79 Å². The summed E-state index contributed by atoms with van der Waals surface area (Å²) in [6.07, 6.45) is 5.58. The number of hydrogen-bond donors (Lipinski definition) is 2. The number of rotatable bonds is 3. The standard InChI is InChI=1S/C11H17NO2/c1-7-2-3-9-8(7)4-11(9,6-12)5-10(13)14/h2-3,7-9H,4-6,12H2,1H3,(H,13,14)/t7?,8-,9+,11-/m0/s1. The third-order valence-corrected chi connectivity index (χ3v) is 4.02. The van der Waals surface area contributed by atoms with Crippen molar-refractivity contribution < 1.29 is 9.90 Å². The molecule has 0 bridgehead atoms. The van der Waals surface area contributed by atoms with Gasteiger partial charge < -0.3 is 10.8 Å². The maximum atomic E-state index is 10.8. The second-order valence-electron chi connectivity index (χ2n) is 4.77. The van der Waals surface area contributed by atoms with Crippen LogP contribution in [0.15, 0.2) is 12.2 Å². The van der Waals surface area contributed by atoms with Gasteiger partial charge in [-0.3, -0.25) is 4.79 Å². The largest absolute Gasteiger partial charge is 0.481 e. The van der Waals surface area contributed by atoms with E-state index in [1.165, 1.54) is 0 Å². The molecule has 3 N–H and O–H groups in total. The number of hydrogen-bond acceptors (Lipinski definition) is 2. The van der Waals surface area contributed by atoms with Gasteiger partial charge in [0.15, 0.2) is 0 Å². The van der Waals surface area contributed by atoms with E-state index in [1.54, 1.807) is 0 Å². The number of carboxylic acids is 1. The van der Waals surface area contributed by atoms with E-state index in [-0.39, 0.29) is 11.8 Å². The summed E-state index contributed by atoms with van der Waals surface area (Å²) < 4.78 is 0. The second kappa shape index (κ2) is 3.09. The number of carboxylic acid groups (broad SMARTS) is 1. The van der Waals surface area contributed by atoms with Crippen molar-refractivity contribution in [2.75, 3.05) is 6.54 Å². The third kappa shape index (κ3) is 1.19. The predicted octanol–water partition coefficient (Wildman–Crippen LogP) is 1.25. The maximum Gasteiger partial charge on any atom is 0.303 e. The summed E-state index contributed by atoms with van der Waals surface area (Å²) in [5, 5.41) is 8.85. The molecule has 1 fully saturated rings. The summed E-state index contributed by atoms with van der Waals surface area (Å²) in [6, 6.07) is 0. The molecule has 2 aliphatic carbocycles. The van der Waals surface area contributed by atoms with Gasteiger partial charge >= 0.3 is 5.97 Å². The van der Waals surface area contributed by atoms with Crippen molar-refractivity contribution in [3.8, 4) is 0 Å². The first-order valence-electron chi connectivity index (χ1n) is 5.19. The number of nitrogens with two attached hydrogens (primary N) is 1. The first-order valence-corrected chi connectivity index (χ1v) is 5.19. The Morgan fingerprint density at radius 1 is 1.64 bits per heavy atom. The van der Waals surface area contributed by atoms with Gasteiger partial charge in [-0.2, -0.15) is 0 Å². The highest BCUT2D eigenvalue weighted by Gasteiger charge is 2.55. The van der Waals surface area contributed by atoms with E-state index in [1.807, 2.05) is 0 Å². The van der Waals surface area contributed by atoms with Crippen molar-refractivity contribution >= 4 is 5.97 Å². The minimum atomic E-state index is -0.721. The minimum absolute atomic E-state index is 0.141. The zero-order valence-corrected chi connectivity index (χ0v) is 8.44. The highest BCUT2D eigenvalue weighted by atomic mass is 16.4. The topological polar surface area (TPSA) is 63.3 Å². The van der Waals surface area contributed by atoms with Crippen LogP contribution < -0.4 is 5.73 Å². The fourth-order valence-corrected chi connectivity index (χ4v) is 3.11. The lowest BCUT2D eigenvalue weighted by Gasteiger charge is -2.52. The lowest BCUT2D eigenvalue weighted by atomic mass is 9.52. The predicted molar refractivity (Wildman–Crippen MR) is 53.6 cm³/mol. The summed E-state index contributed by atoms with van der Waals surface area (Å²) in [5.41, 5.74) is 5.58. The average molecular weight is 195 g/mol. The molecule has 4 atom stereocenters. The van der Waals surface area contributed by atoms with E-state index in [0.29, 0.717) is 24.3 Å². The molecular weight excluding hydrogens is 178 g/mol. The smallest absolute Gasteiger partial charge is 0.303 e. The molecule has 1 unspecified atom stereocenters. The zero-order chi connectivity index (χ0) is 10.3. The molecule has 0 radical (unpaired) electrons. The first kappa shape index (κ1) is 9.71. The van der Waals surface area contributed by atoms with Crippen molar-refractivity contribution in [3.63, 3.8) is 0 Å². The summed E-state index contributed by atoms with van der Waals surface area (Å²) in [5.74, 6) is 0.951. The Morgan fingerprint density at radius 3 is 2.86 bits per heavy atom. The minimum Gasteiger partial charge on any atom is -0.481 e. The Kier molecular flexibility index (Phi) is 2.14. The molecule has 0 aromatic carbocycles. The maximum absolute atomic E-state index is 10.8. The molecule has 0 spiro atoms. The monoisotopic (exact) mass is 195 g/mol. The van der Waals surface area contributed by atoms with Crippen LogP contribution in [0, 0.1) is 23.2 Å². The van der Waals surface area contributed by atoms with Gasteiger partial charge in [0.05, 0.1) is 6.42 Å². The average Bonchev–Trinajstić information content (AvgIpc) is 2.38. The Balaban J connectivity index is 2.11. The lowest BCUT2D eigenvalue weighted by Crippen LogP contribution is -2.52. The van der Waals surface area contributed by atoms with E-state index >= 15 is 0 Å². The van der Waals surface area contributed by atoms with E-state index in [4.69, 9.17) is 10.8 Å². The molecular formula is C11H17NO2. The van der Waals surface area contributed by atoms with Crippen LogP contribution in [-0.2, 0) is 4.79 Å². The highest BCUT2D eigenvalue weighted by molar-refractivity contribution is 5.68. The quantitative estimate of drug-likeness (QED) is 0.666. The molecule has 0 aromatic rings. The second-order valence-corrected chi connectivity index (χ2v) is 4.77.